The van der Waals surface area contributed by atoms with Gasteiger partial charge in [0.15, 0.2) is 11.4 Å². The standard InChI is InChI=1S/C23H23F3N4O4/c1-3-4-5-19(31)14-6-9-18-17(12-14)27-21(30(18)10-11-32-2)29-22-28-16-8-7-15(13-20(16)33-22)34-23(24,25)26/h6-9,12-13H,3-5,10-11H2,1-2H3,(H,27,28,29). The maximum Gasteiger partial charge on any atom is 0.573 e. The number of hydrogen-bond acceptors (Lipinski definition) is 7. The maximum atomic E-state index is 12.5. The van der Waals surface area contributed by atoms with Crippen LogP contribution >= 0.6 is 0 Å². The highest BCUT2D eigenvalue weighted by Crippen LogP contribution is 2.30. The van der Waals surface area contributed by atoms with E-state index in [1.165, 1.54) is 6.07 Å². The minimum absolute atomic E-state index is 0.0485. The zero-order valence-corrected chi connectivity index (χ0v) is 18.6. The molecule has 34 heavy (non-hydrogen) atoms. The van der Waals surface area contributed by atoms with E-state index in [1.807, 2.05) is 17.6 Å². The number of Topliss-reactive ketones (excluding diaryl/α,β-unsaturated/α-hetero) is 1. The summed E-state index contributed by atoms with van der Waals surface area (Å²) in [5.74, 6) is 0.0411. The number of hydrogen-bond donors (Lipinski definition) is 1. The molecule has 0 saturated heterocycles. The van der Waals surface area contributed by atoms with Crippen molar-refractivity contribution in [2.75, 3.05) is 19.0 Å². The first-order chi connectivity index (χ1) is 16.3. The highest BCUT2D eigenvalue weighted by molar-refractivity contribution is 5.99. The lowest BCUT2D eigenvalue weighted by Crippen LogP contribution is -2.16. The van der Waals surface area contributed by atoms with Gasteiger partial charge in [-0.2, -0.15) is 4.98 Å². The molecule has 1 N–H and O–H groups in total. The number of anilines is 2. The van der Waals surface area contributed by atoms with Crippen LogP contribution in [-0.2, 0) is 11.3 Å². The van der Waals surface area contributed by atoms with Gasteiger partial charge >= 0.3 is 12.4 Å². The van der Waals surface area contributed by atoms with Gasteiger partial charge in [-0.3, -0.25) is 10.1 Å². The van der Waals surface area contributed by atoms with E-state index in [4.69, 9.17) is 9.15 Å². The molecule has 0 aliphatic carbocycles. The summed E-state index contributed by atoms with van der Waals surface area (Å²) in [5, 5.41) is 2.98. The molecule has 0 saturated carbocycles. The van der Waals surface area contributed by atoms with Gasteiger partial charge in [0.2, 0.25) is 5.95 Å². The van der Waals surface area contributed by atoms with Crippen LogP contribution in [0.25, 0.3) is 22.1 Å². The average Bonchev–Trinajstić information content (AvgIpc) is 3.34. The van der Waals surface area contributed by atoms with Crippen LogP contribution in [0.2, 0.25) is 0 Å². The van der Waals surface area contributed by atoms with Gasteiger partial charge in [-0.15, -0.1) is 13.2 Å². The predicted octanol–water partition coefficient (Wildman–Crippen LogP) is 5.84. The number of aromatic nitrogens is 3. The number of unbranched alkanes of at least 4 members (excludes halogenated alkanes) is 1. The number of ketones is 1. The van der Waals surface area contributed by atoms with E-state index in [0.717, 1.165) is 30.5 Å². The fraction of sp³-hybridized carbons (Fsp3) is 0.348. The summed E-state index contributed by atoms with van der Waals surface area (Å²) in [7, 11) is 1.58. The number of alkyl halides is 3. The van der Waals surface area contributed by atoms with Gasteiger partial charge in [-0.05, 0) is 36.8 Å². The first-order valence-electron chi connectivity index (χ1n) is 10.7. The number of nitrogens with one attached hydrogen (secondary N) is 1. The van der Waals surface area contributed by atoms with E-state index in [-0.39, 0.29) is 17.4 Å². The summed E-state index contributed by atoms with van der Waals surface area (Å²) in [6, 6.07) is 9.04. The Morgan fingerprint density at radius 2 is 1.97 bits per heavy atom. The molecule has 0 fully saturated rings. The SMILES string of the molecule is CCCCC(=O)c1ccc2c(c1)nc(Nc1nc3ccc(OC(F)(F)F)cc3o1)n2CCOC. The van der Waals surface area contributed by atoms with E-state index >= 15 is 0 Å². The molecule has 0 amide bonds. The smallest absolute Gasteiger partial charge is 0.423 e. The summed E-state index contributed by atoms with van der Waals surface area (Å²) in [5.41, 5.74) is 2.44. The number of benzene rings is 2. The summed E-state index contributed by atoms with van der Waals surface area (Å²) < 4.78 is 54.1. The first kappa shape index (κ1) is 23.6. The van der Waals surface area contributed by atoms with Crippen LogP contribution in [0.5, 0.6) is 5.75 Å². The van der Waals surface area contributed by atoms with Gasteiger partial charge in [-0.25, -0.2) is 4.98 Å². The largest absolute Gasteiger partial charge is 0.573 e. The van der Waals surface area contributed by atoms with Crippen molar-refractivity contribution in [3.63, 3.8) is 0 Å². The van der Waals surface area contributed by atoms with Crippen LogP contribution in [-0.4, -0.2) is 40.4 Å². The van der Waals surface area contributed by atoms with Gasteiger partial charge in [-0.1, -0.05) is 13.3 Å². The number of imidazole rings is 1. The minimum atomic E-state index is -4.81. The number of ether oxygens (including phenoxy) is 2. The number of carbonyl (C=O) groups is 1. The molecule has 180 valence electrons. The van der Waals surface area contributed by atoms with Crippen molar-refractivity contribution in [2.24, 2.45) is 0 Å². The Morgan fingerprint density at radius 3 is 2.71 bits per heavy atom. The molecule has 0 aliphatic rings. The molecular weight excluding hydrogens is 453 g/mol. The quantitative estimate of drug-likeness (QED) is 0.288. The van der Waals surface area contributed by atoms with Crippen LogP contribution in [0.15, 0.2) is 40.8 Å². The third kappa shape index (κ3) is 5.30. The molecule has 2 aromatic heterocycles. The first-order valence-corrected chi connectivity index (χ1v) is 10.7. The number of nitrogens with zero attached hydrogens (tertiary/aromatic N) is 3. The van der Waals surface area contributed by atoms with Crippen LogP contribution in [0.4, 0.5) is 25.1 Å². The molecule has 0 unspecified atom stereocenters. The van der Waals surface area contributed by atoms with Crippen LogP contribution in [0.1, 0.15) is 36.5 Å². The average molecular weight is 476 g/mol. The third-order valence-corrected chi connectivity index (χ3v) is 5.16. The molecule has 11 heteroatoms. The Balaban J connectivity index is 1.65. The van der Waals surface area contributed by atoms with Crippen LogP contribution < -0.4 is 10.1 Å². The van der Waals surface area contributed by atoms with Crippen molar-refractivity contribution in [1.82, 2.24) is 14.5 Å². The number of fused-ring (bicyclic) bond motifs is 2. The Bertz CT molecular complexity index is 1310. The Morgan fingerprint density at radius 1 is 1.15 bits per heavy atom. The van der Waals surface area contributed by atoms with E-state index in [0.29, 0.717) is 42.1 Å². The van der Waals surface area contributed by atoms with Gasteiger partial charge in [0.05, 0.1) is 17.6 Å². The summed E-state index contributed by atoms with van der Waals surface area (Å²) >= 11 is 0. The molecule has 0 atom stereocenters. The van der Waals surface area contributed by atoms with Gasteiger partial charge in [0.25, 0.3) is 0 Å². The molecule has 8 nitrogen and oxygen atoms in total. The van der Waals surface area contributed by atoms with Gasteiger partial charge in [0, 0.05) is 31.7 Å². The Labute approximate surface area is 192 Å². The van der Waals surface area contributed by atoms with Gasteiger partial charge < -0.3 is 18.5 Å². The van der Waals surface area contributed by atoms with E-state index < -0.39 is 12.1 Å². The number of halogens is 3. The summed E-state index contributed by atoms with van der Waals surface area (Å²) in [4.78, 5) is 21.3. The van der Waals surface area contributed by atoms with E-state index in [1.54, 1.807) is 19.2 Å². The topological polar surface area (TPSA) is 91.4 Å². The fourth-order valence-electron chi connectivity index (χ4n) is 3.54. The molecule has 0 radical (unpaired) electrons. The Hall–Kier alpha value is -3.60. The predicted molar refractivity (Wildman–Crippen MR) is 119 cm³/mol. The van der Waals surface area contributed by atoms with E-state index in [2.05, 4.69) is 20.0 Å². The Kier molecular flexibility index (Phi) is 6.73. The second-order valence-electron chi connectivity index (χ2n) is 7.63. The molecule has 0 spiro atoms. The lowest BCUT2D eigenvalue weighted by Gasteiger charge is -2.08. The second-order valence-corrected chi connectivity index (χ2v) is 7.63. The number of oxazole rings is 1. The fourth-order valence-corrected chi connectivity index (χ4v) is 3.54. The highest BCUT2D eigenvalue weighted by atomic mass is 19.4. The molecule has 2 heterocycles. The lowest BCUT2D eigenvalue weighted by atomic mass is 10.1. The highest BCUT2D eigenvalue weighted by Gasteiger charge is 2.31. The monoisotopic (exact) mass is 476 g/mol. The molecule has 0 bridgehead atoms. The van der Waals surface area contributed by atoms with Crippen LogP contribution in [0.3, 0.4) is 0 Å². The number of rotatable bonds is 10. The molecular formula is C23H23F3N4O4. The van der Waals surface area contributed by atoms with Crippen molar-refractivity contribution in [3.8, 4) is 5.75 Å². The zero-order valence-electron chi connectivity index (χ0n) is 18.6. The van der Waals surface area contributed by atoms with Crippen molar-refractivity contribution in [1.29, 1.82) is 0 Å². The zero-order chi connectivity index (χ0) is 24.3. The summed E-state index contributed by atoms with van der Waals surface area (Å²) in [6.07, 6.45) is -2.58. The van der Waals surface area contributed by atoms with Crippen LogP contribution in [0, 0.1) is 0 Å². The maximum absolute atomic E-state index is 12.5. The van der Waals surface area contributed by atoms with Crippen molar-refractivity contribution in [2.45, 2.75) is 39.1 Å². The molecule has 2 aromatic carbocycles. The molecule has 0 aliphatic heterocycles. The van der Waals surface area contributed by atoms with Crippen molar-refractivity contribution >= 4 is 39.9 Å². The minimum Gasteiger partial charge on any atom is -0.423 e. The number of carbonyl (C=O) groups excluding carboxylic acids is 1. The third-order valence-electron chi connectivity index (χ3n) is 5.16. The van der Waals surface area contributed by atoms with Gasteiger partial charge in [0.1, 0.15) is 11.3 Å². The van der Waals surface area contributed by atoms with E-state index in [9.17, 15) is 18.0 Å². The van der Waals surface area contributed by atoms with Crippen molar-refractivity contribution in [3.05, 3.63) is 42.0 Å². The van der Waals surface area contributed by atoms with Crippen molar-refractivity contribution < 1.29 is 31.9 Å². The molecule has 4 rings (SSSR count). The molecule has 4 aromatic rings. The second kappa shape index (κ2) is 9.72. The normalized spacial score (nSPS) is 11.9. The summed E-state index contributed by atoms with van der Waals surface area (Å²) in [6.45, 7) is 2.90. The lowest BCUT2D eigenvalue weighted by molar-refractivity contribution is -0.274. The number of methoxy groups -OCH3 is 1.